The molecule has 2 aromatic heterocycles. The van der Waals surface area contributed by atoms with Gasteiger partial charge in [0.2, 0.25) is 5.78 Å². The number of ether oxygens (including phenoxy) is 1. The van der Waals surface area contributed by atoms with Gasteiger partial charge >= 0.3 is 6.09 Å². The Bertz CT molecular complexity index is 560. The molecule has 0 radical (unpaired) electrons. The first-order chi connectivity index (χ1) is 9.20. The van der Waals surface area contributed by atoms with E-state index in [0.717, 1.165) is 4.88 Å². The average molecular weight is 295 g/mol. The first-order valence-electron chi connectivity index (χ1n) is 5.77. The molecule has 0 saturated heterocycles. The van der Waals surface area contributed by atoms with Gasteiger partial charge in [-0.3, -0.25) is 4.79 Å². The third kappa shape index (κ3) is 3.65. The van der Waals surface area contributed by atoms with Crippen LogP contribution in [0.5, 0.6) is 0 Å². The second-order valence-corrected chi connectivity index (χ2v) is 5.63. The number of ketones is 1. The summed E-state index contributed by atoms with van der Waals surface area (Å²) in [5, 5.41) is 6.34. The highest BCUT2D eigenvalue weighted by Gasteiger charge is 2.12. The Morgan fingerprint density at radius 1 is 1.32 bits per heavy atom. The Labute approximate surface area is 119 Å². The largest absolute Gasteiger partial charge is 0.450 e. The monoisotopic (exact) mass is 295 g/mol. The molecule has 0 aliphatic rings. The lowest BCUT2D eigenvalue weighted by Gasteiger charge is -2.02. The van der Waals surface area contributed by atoms with E-state index in [1.54, 1.807) is 13.0 Å². The minimum atomic E-state index is -0.443. The number of alkyl carbamates (subject to hydrolysis) is 1. The lowest BCUT2D eigenvalue weighted by molar-refractivity contribution is 0.104. The van der Waals surface area contributed by atoms with Gasteiger partial charge in [-0.25, -0.2) is 4.79 Å². The Balaban J connectivity index is 1.96. The minimum absolute atomic E-state index is 0.0219. The molecule has 0 spiro atoms. The number of carbonyl (C=O) groups excluding carboxylic acids is 2. The van der Waals surface area contributed by atoms with Crippen molar-refractivity contribution in [1.82, 2.24) is 5.32 Å². The summed E-state index contributed by atoms with van der Waals surface area (Å²) in [4.78, 5) is 24.8. The molecule has 4 nitrogen and oxygen atoms in total. The number of carbonyl (C=O) groups is 2. The van der Waals surface area contributed by atoms with Gasteiger partial charge in [0.25, 0.3) is 0 Å². The number of thiophene rings is 2. The first-order valence-corrected chi connectivity index (χ1v) is 7.53. The van der Waals surface area contributed by atoms with E-state index < -0.39 is 6.09 Å². The van der Waals surface area contributed by atoms with Crippen molar-refractivity contribution in [2.45, 2.75) is 13.5 Å². The van der Waals surface area contributed by atoms with Gasteiger partial charge < -0.3 is 10.1 Å². The molecule has 2 heterocycles. The molecule has 6 heteroatoms. The molecule has 0 fully saturated rings. The van der Waals surface area contributed by atoms with Gasteiger partial charge in [0.15, 0.2) is 0 Å². The van der Waals surface area contributed by atoms with E-state index in [-0.39, 0.29) is 5.78 Å². The Hall–Kier alpha value is -1.66. The van der Waals surface area contributed by atoms with Gasteiger partial charge in [-0.15, -0.1) is 11.3 Å². The summed E-state index contributed by atoms with van der Waals surface area (Å²) in [5.74, 6) is 0.0219. The second-order valence-electron chi connectivity index (χ2n) is 3.68. The maximum atomic E-state index is 12.1. The van der Waals surface area contributed by atoms with Crippen LogP contribution in [-0.2, 0) is 11.3 Å². The van der Waals surface area contributed by atoms with Gasteiger partial charge in [-0.2, -0.15) is 11.3 Å². The maximum Gasteiger partial charge on any atom is 0.407 e. The molecular formula is C13H13NO3S2. The van der Waals surface area contributed by atoms with Crippen LogP contribution in [0.2, 0.25) is 0 Å². The van der Waals surface area contributed by atoms with E-state index in [1.807, 2.05) is 22.9 Å². The van der Waals surface area contributed by atoms with Crippen LogP contribution >= 0.6 is 22.7 Å². The summed E-state index contributed by atoms with van der Waals surface area (Å²) >= 11 is 2.88. The zero-order valence-corrected chi connectivity index (χ0v) is 12.0. The number of amides is 1. The van der Waals surface area contributed by atoms with E-state index >= 15 is 0 Å². The standard InChI is InChI=1S/C13H13NO3S2/c1-2-17-13(16)14-7-10-3-4-11(19-10)12(15)9-5-6-18-8-9/h3-6,8H,2,7H2,1H3,(H,14,16). The summed E-state index contributed by atoms with van der Waals surface area (Å²) in [6.45, 7) is 2.47. The van der Waals surface area contributed by atoms with Gasteiger partial charge in [-0.1, -0.05) is 0 Å². The van der Waals surface area contributed by atoms with E-state index in [2.05, 4.69) is 5.32 Å². The maximum absolute atomic E-state index is 12.1. The molecule has 1 amide bonds. The summed E-state index contributed by atoms with van der Waals surface area (Å²) in [5.41, 5.74) is 0.705. The highest BCUT2D eigenvalue weighted by atomic mass is 32.1. The second kappa shape index (κ2) is 6.49. The van der Waals surface area contributed by atoms with Crippen molar-refractivity contribution in [3.05, 3.63) is 44.3 Å². The average Bonchev–Trinajstić information content (AvgIpc) is 3.07. The molecule has 100 valence electrons. The van der Waals surface area contributed by atoms with E-state index in [1.165, 1.54) is 22.7 Å². The molecule has 0 unspecified atom stereocenters. The van der Waals surface area contributed by atoms with Crippen molar-refractivity contribution in [3.63, 3.8) is 0 Å². The van der Waals surface area contributed by atoms with Crippen LogP contribution in [0.15, 0.2) is 29.0 Å². The van der Waals surface area contributed by atoms with Crippen LogP contribution in [-0.4, -0.2) is 18.5 Å². The SMILES string of the molecule is CCOC(=O)NCc1ccc(C(=O)c2ccsc2)s1. The first kappa shape index (κ1) is 13.8. The van der Waals surface area contributed by atoms with Crippen molar-refractivity contribution in [2.24, 2.45) is 0 Å². The molecule has 0 aliphatic heterocycles. The lowest BCUT2D eigenvalue weighted by Crippen LogP contribution is -2.23. The van der Waals surface area contributed by atoms with Crippen molar-refractivity contribution >= 4 is 34.6 Å². The van der Waals surface area contributed by atoms with Crippen LogP contribution in [0.3, 0.4) is 0 Å². The minimum Gasteiger partial charge on any atom is -0.450 e. The third-order valence-electron chi connectivity index (χ3n) is 2.35. The molecular weight excluding hydrogens is 282 g/mol. The predicted octanol–water partition coefficient (Wildman–Crippen LogP) is 3.29. The Morgan fingerprint density at radius 2 is 2.16 bits per heavy atom. The van der Waals surface area contributed by atoms with Gasteiger partial charge in [0.1, 0.15) is 0 Å². The number of nitrogens with one attached hydrogen (secondary N) is 1. The lowest BCUT2D eigenvalue weighted by atomic mass is 10.2. The van der Waals surface area contributed by atoms with Crippen LogP contribution in [0.25, 0.3) is 0 Å². The van der Waals surface area contributed by atoms with Gasteiger partial charge in [-0.05, 0) is 30.5 Å². The zero-order chi connectivity index (χ0) is 13.7. The molecule has 0 saturated carbocycles. The highest BCUT2D eigenvalue weighted by Crippen LogP contribution is 2.21. The fourth-order valence-electron chi connectivity index (χ4n) is 1.47. The number of rotatable bonds is 5. The Kier molecular flexibility index (Phi) is 4.70. The molecule has 0 atom stereocenters. The molecule has 2 rings (SSSR count). The zero-order valence-electron chi connectivity index (χ0n) is 10.3. The van der Waals surface area contributed by atoms with Crippen LogP contribution < -0.4 is 5.32 Å². The van der Waals surface area contributed by atoms with Crippen molar-refractivity contribution in [3.8, 4) is 0 Å². The predicted molar refractivity (Wildman–Crippen MR) is 75.9 cm³/mol. The molecule has 1 N–H and O–H groups in total. The molecule has 0 aromatic carbocycles. The molecule has 0 bridgehead atoms. The van der Waals surface area contributed by atoms with Gasteiger partial charge in [0.05, 0.1) is 18.0 Å². The summed E-state index contributed by atoms with van der Waals surface area (Å²) in [6, 6.07) is 5.44. The van der Waals surface area contributed by atoms with Gasteiger partial charge in [0, 0.05) is 15.8 Å². The van der Waals surface area contributed by atoms with Crippen LogP contribution in [0, 0.1) is 0 Å². The summed E-state index contributed by atoms with van der Waals surface area (Å²) in [6.07, 6.45) is -0.443. The van der Waals surface area contributed by atoms with E-state index in [0.29, 0.717) is 23.6 Å². The van der Waals surface area contributed by atoms with Crippen molar-refractivity contribution < 1.29 is 14.3 Å². The number of hydrogen-bond donors (Lipinski definition) is 1. The highest BCUT2D eigenvalue weighted by molar-refractivity contribution is 7.14. The van der Waals surface area contributed by atoms with Crippen LogP contribution in [0.1, 0.15) is 27.0 Å². The Morgan fingerprint density at radius 3 is 2.84 bits per heavy atom. The van der Waals surface area contributed by atoms with E-state index in [4.69, 9.17) is 4.74 Å². The smallest absolute Gasteiger partial charge is 0.407 e. The summed E-state index contributed by atoms with van der Waals surface area (Å²) < 4.78 is 4.77. The normalized spacial score (nSPS) is 10.2. The fraction of sp³-hybridized carbons (Fsp3) is 0.231. The fourth-order valence-corrected chi connectivity index (χ4v) is 3.02. The number of hydrogen-bond acceptors (Lipinski definition) is 5. The van der Waals surface area contributed by atoms with Crippen LogP contribution in [0.4, 0.5) is 4.79 Å². The quantitative estimate of drug-likeness (QED) is 0.861. The molecule has 0 aliphatic carbocycles. The molecule has 19 heavy (non-hydrogen) atoms. The van der Waals surface area contributed by atoms with Crippen molar-refractivity contribution in [1.29, 1.82) is 0 Å². The summed E-state index contributed by atoms with van der Waals surface area (Å²) in [7, 11) is 0. The van der Waals surface area contributed by atoms with E-state index in [9.17, 15) is 9.59 Å². The van der Waals surface area contributed by atoms with Crippen molar-refractivity contribution in [2.75, 3.05) is 6.61 Å². The topological polar surface area (TPSA) is 55.4 Å². The molecule has 2 aromatic rings. The third-order valence-corrected chi connectivity index (χ3v) is 4.12.